The number of aryl methyl sites for hydroxylation is 1. The van der Waals surface area contributed by atoms with Crippen molar-refractivity contribution in [1.29, 1.82) is 0 Å². The molecule has 0 unspecified atom stereocenters. The van der Waals surface area contributed by atoms with E-state index in [0.717, 1.165) is 0 Å². The van der Waals surface area contributed by atoms with Gasteiger partial charge in [-0.25, -0.2) is 0 Å². The summed E-state index contributed by atoms with van der Waals surface area (Å²) in [7, 11) is 0. The lowest BCUT2D eigenvalue weighted by molar-refractivity contribution is 0.652. The average molecular weight is 1110 g/mol. The standard InChI is InChI=1S/C85H62N2/c1-53-46-57(31-29-55-34-39-59(40-35-55)63-42-45-82-71(50-63)68-23-11-13-25-80(68)87(82)78-27-15-19-61-17-7-9-21-65(61)78)48-76-83(53)72-52-74-69(51-75(72)85(76,4)5)66-43-36-56(47-73(66)84(74,2)3)30-28-54-32-37-58(38-33-54)62-41-44-81-70(49-62)67-22-10-12-24-79(67)86(81)77-26-14-18-60-16-6-8-20-64(60)77/h6-52H,1-5H3/b30-28+,31-29+. The number of rotatable bonds is 8. The summed E-state index contributed by atoms with van der Waals surface area (Å²) in [6.07, 6.45) is 9.10. The molecule has 0 amide bonds. The molecule has 0 N–H and O–H groups in total. The predicted octanol–water partition coefficient (Wildman–Crippen LogP) is 22.8. The van der Waals surface area contributed by atoms with Crippen molar-refractivity contribution < 1.29 is 0 Å². The van der Waals surface area contributed by atoms with E-state index in [1.54, 1.807) is 0 Å². The Morgan fingerprint density at radius 2 is 0.678 bits per heavy atom. The summed E-state index contributed by atoms with van der Waals surface area (Å²) in [6, 6.07) is 97.2. The Balaban J connectivity index is 0.612. The summed E-state index contributed by atoms with van der Waals surface area (Å²) in [6.45, 7) is 12.0. The van der Waals surface area contributed by atoms with E-state index < -0.39 is 0 Å². The number of hydrogen-bond donors (Lipinski definition) is 0. The van der Waals surface area contributed by atoms with Crippen LogP contribution in [0.25, 0.3) is 145 Å². The van der Waals surface area contributed by atoms with Gasteiger partial charge in [-0.1, -0.05) is 252 Å². The third-order valence-corrected chi connectivity index (χ3v) is 19.6. The number of nitrogens with zero attached hydrogens (tertiary/aromatic N) is 2. The molecule has 2 aliphatic rings. The molecular weight excluding hydrogens is 1050 g/mol. The molecule has 13 aromatic carbocycles. The van der Waals surface area contributed by atoms with Crippen molar-refractivity contribution in [3.63, 3.8) is 0 Å². The fourth-order valence-electron chi connectivity index (χ4n) is 15.1. The van der Waals surface area contributed by atoms with Crippen molar-refractivity contribution in [3.8, 4) is 55.9 Å². The Morgan fingerprint density at radius 1 is 0.276 bits per heavy atom. The average Bonchev–Trinajstić information content (AvgIpc) is 1.58. The lowest BCUT2D eigenvalue weighted by Crippen LogP contribution is -2.17. The molecule has 0 aliphatic heterocycles. The van der Waals surface area contributed by atoms with Gasteiger partial charge in [0.1, 0.15) is 0 Å². The molecule has 2 nitrogen and oxygen atoms in total. The van der Waals surface area contributed by atoms with Crippen molar-refractivity contribution in [2.45, 2.75) is 45.4 Å². The Labute approximate surface area is 507 Å². The smallest absolute Gasteiger partial charge is 0.0541 e. The van der Waals surface area contributed by atoms with Crippen LogP contribution in [0.3, 0.4) is 0 Å². The van der Waals surface area contributed by atoms with E-state index in [1.165, 1.54) is 171 Å². The number of para-hydroxylation sites is 2. The second kappa shape index (κ2) is 19.2. The van der Waals surface area contributed by atoms with Crippen LogP contribution in [0, 0.1) is 6.92 Å². The molecule has 0 radical (unpaired) electrons. The quantitative estimate of drug-likeness (QED) is 0.134. The minimum Gasteiger partial charge on any atom is -0.309 e. The van der Waals surface area contributed by atoms with Gasteiger partial charge in [0.25, 0.3) is 0 Å². The lowest BCUT2D eigenvalue weighted by atomic mass is 9.79. The van der Waals surface area contributed by atoms with Crippen molar-refractivity contribution in [2.75, 3.05) is 0 Å². The first-order chi connectivity index (χ1) is 42.5. The Morgan fingerprint density at radius 3 is 1.24 bits per heavy atom. The van der Waals surface area contributed by atoms with Crippen molar-refractivity contribution in [2.24, 2.45) is 0 Å². The largest absolute Gasteiger partial charge is 0.309 e. The summed E-state index contributed by atoms with van der Waals surface area (Å²) in [5.41, 5.74) is 29.0. The van der Waals surface area contributed by atoms with Crippen LogP contribution in [0.5, 0.6) is 0 Å². The highest BCUT2D eigenvalue weighted by Crippen LogP contribution is 2.57. The number of fused-ring (bicyclic) bond motifs is 14. The van der Waals surface area contributed by atoms with Gasteiger partial charge in [0.2, 0.25) is 0 Å². The summed E-state index contributed by atoms with van der Waals surface area (Å²) in [4.78, 5) is 0. The maximum Gasteiger partial charge on any atom is 0.0541 e. The summed E-state index contributed by atoms with van der Waals surface area (Å²) in [5.74, 6) is 0. The molecular formula is C85H62N2. The van der Waals surface area contributed by atoms with E-state index in [4.69, 9.17) is 0 Å². The van der Waals surface area contributed by atoms with E-state index in [2.05, 4.69) is 329 Å². The molecule has 0 saturated carbocycles. The molecule has 2 heteroatoms. The first-order valence-electron chi connectivity index (χ1n) is 30.6. The van der Waals surface area contributed by atoms with Crippen molar-refractivity contribution >= 4 is 89.5 Å². The van der Waals surface area contributed by atoms with E-state index in [-0.39, 0.29) is 10.8 Å². The van der Waals surface area contributed by atoms with Gasteiger partial charge >= 0.3 is 0 Å². The normalized spacial score (nSPS) is 13.9. The van der Waals surface area contributed by atoms with Gasteiger partial charge in [-0.15, -0.1) is 0 Å². The highest BCUT2D eigenvalue weighted by Gasteiger charge is 2.42. The highest BCUT2D eigenvalue weighted by molar-refractivity contribution is 6.13. The third-order valence-electron chi connectivity index (χ3n) is 19.6. The first-order valence-corrected chi connectivity index (χ1v) is 30.6. The summed E-state index contributed by atoms with van der Waals surface area (Å²) in [5, 5.41) is 10.0. The van der Waals surface area contributed by atoms with E-state index >= 15 is 0 Å². The van der Waals surface area contributed by atoms with Gasteiger partial charge in [-0.05, 0) is 173 Å². The third kappa shape index (κ3) is 7.94. The van der Waals surface area contributed by atoms with Gasteiger partial charge in [0, 0.05) is 43.1 Å². The number of hydrogen-bond acceptors (Lipinski definition) is 0. The van der Waals surface area contributed by atoms with Gasteiger partial charge in [0.15, 0.2) is 0 Å². The monoisotopic (exact) mass is 1110 g/mol. The fraction of sp³-hybridized carbons (Fsp3) is 0.0824. The van der Waals surface area contributed by atoms with Gasteiger partial charge < -0.3 is 9.13 Å². The van der Waals surface area contributed by atoms with Crippen LogP contribution in [0.2, 0.25) is 0 Å². The molecule has 15 aromatic rings. The molecule has 0 fully saturated rings. The highest BCUT2D eigenvalue weighted by atomic mass is 15.0. The molecule has 0 bridgehead atoms. The Kier molecular flexibility index (Phi) is 11.3. The fourth-order valence-corrected chi connectivity index (χ4v) is 15.1. The second-order valence-electron chi connectivity index (χ2n) is 25.3. The van der Waals surface area contributed by atoms with Crippen molar-refractivity contribution in [3.05, 3.63) is 311 Å². The van der Waals surface area contributed by atoms with Crippen LogP contribution >= 0.6 is 0 Å². The van der Waals surface area contributed by atoms with Crippen LogP contribution in [-0.2, 0) is 10.8 Å². The zero-order chi connectivity index (χ0) is 58.3. The Hall–Kier alpha value is -10.5. The second-order valence-corrected chi connectivity index (χ2v) is 25.3. The maximum atomic E-state index is 2.54. The van der Waals surface area contributed by atoms with Crippen molar-refractivity contribution in [1.82, 2.24) is 9.13 Å². The molecule has 2 heterocycles. The van der Waals surface area contributed by atoms with Crippen LogP contribution in [0.1, 0.15) is 77.8 Å². The van der Waals surface area contributed by atoms with E-state index in [9.17, 15) is 0 Å². The van der Waals surface area contributed by atoms with Gasteiger partial charge in [-0.2, -0.15) is 0 Å². The molecule has 0 saturated heterocycles. The molecule has 87 heavy (non-hydrogen) atoms. The summed E-state index contributed by atoms with van der Waals surface area (Å²) < 4.78 is 4.86. The van der Waals surface area contributed by atoms with E-state index in [0.29, 0.717) is 0 Å². The van der Waals surface area contributed by atoms with Crippen LogP contribution in [0.15, 0.2) is 261 Å². The van der Waals surface area contributed by atoms with E-state index in [1.807, 2.05) is 0 Å². The molecule has 412 valence electrons. The van der Waals surface area contributed by atoms with Crippen LogP contribution in [-0.4, -0.2) is 9.13 Å². The topological polar surface area (TPSA) is 9.86 Å². The number of benzene rings is 13. The predicted molar refractivity (Wildman–Crippen MR) is 372 cm³/mol. The summed E-state index contributed by atoms with van der Waals surface area (Å²) >= 11 is 0. The van der Waals surface area contributed by atoms with Gasteiger partial charge in [-0.3, -0.25) is 0 Å². The minimum absolute atomic E-state index is 0.155. The molecule has 2 aromatic heterocycles. The molecule has 0 atom stereocenters. The van der Waals surface area contributed by atoms with Gasteiger partial charge in [0.05, 0.1) is 33.4 Å². The Bertz CT molecular complexity index is 5430. The maximum absolute atomic E-state index is 2.54. The van der Waals surface area contributed by atoms with Crippen LogP contribution in [0.4, 0.5) is 0 Å². The lowest BCUT2D eigenvalue weighted by Gasteiger charge is -2.24. The zero-order valence-corrected chi connectivity index (χ0v) is 49.5. The minimum atomic E-state index is -0.158. The first kappa shape index (κ1) is 50.9. The number of aromatic nitrogens is 2. The molecule has 17 rings (SSSR count). The molecule has 0 spiro atoms. The zero-order valence-electron chi connectivity index (χ0n) is 49.5. The molecule has 2 aliphatic carbocycles. The van der Waals surface area contributed by atoms with Crippen LogP contribution < -0.4 is 0 Å². The SMILES string of the molecule is Cc1cc(/C=C/c2ccc(-c3ccc4c(c3)c3ccccc3n4-c3cccc4ccccc34)cc2)cc2c1-c1cc3c(cc1C2(C)C)-c1ccc(/C=C/c2ccc(-c4ccc5c(c4)c4ccccc4n5-c4cccc5ccccc45)cc2)cc1C3(C)C.